The van der Waals surface area contributed by atoms with Crippen LogP contribution >= 0.6 is 11.6 Å². The van der Waals surface area contributed by atoms with Gasteiger partial charge >= 0.3 is 30.2 Å². The van der Waals surface area contributed by atoms with Gasteiger partial charge in [-0.05, 0) is 75.1 Å². The van der Waals surface area contributed by atoms with Gasteiger partial charge in [-0.15, -0.1) is 0 Å². The van der Waals surface area contributed by atoms with Crippen LogP contribution in [0.25, 0.3) is 0 Å². The van der Waals surface area contributed by atoms with Crippen molar-refractivity contribution in [3.63, 3.8) is 0 Å². The monoisotopic (exact) mass is 843 g/mol. The fourth-order valence-electron chi connectivity index (χ4n) is 6.98. The van der Waals surface area contributed by atoms with Crippen molar-refractivity contribution in [1.82, 2.24) is 19.7 Å². The van der Waals surface area contributed by atoms with Gasteiger partial charge in [-0.25, -0.2) is 19.4 Å². The van der Waals surface area contributed by atoms with Crippen molar-refractivity contribution in [3.8, 4) is 0 Å². The minimum atomic E-state index is -4.83. The number of anilines is 3. The molecule has 0 spiro atoms. The standard InChI is InChI=1S/C40H45ClF3N7O8/c1-39(2,3)36(54)58-23-57-35(53)25-8-9-32(46-21-25)48-14-16-49(17-15-48)34(52)31(20-24-18-28(40(42,43)44)33(45)29(41)19-24)59-38(56)50-12-10-27(11-13-50)51-22-26-6-4-5-7-30(26)47-37(51)55/h4-9,18-19,21,27,31H,10-17,20,22-23,45H2,1-3H3,(H,47,55)/t31-/m1/s1. The van der Waals surface area contributed by atoms with Gasteiger partial charge in [0.1, 0.15) is 5.82 Å². The summed E-state index contributed by atoms with van der Waals surface area (Å²) in [5.74, 6) is -1.38. The minimum absolute atomic E-state index is 0.00779. The summed E-state index contributed by atoms with van der Waals surface area (Å²) >= 11 is 6.11. The van der Waals surface area contributed by atoms with Crippen molar-refractivity contribution in [2.75, 3.05) is 62.0 Å². The molecule has 2 fully saturated rings. The molecule has 19 heteroatoms. The summed E-state index contributed by atoms with van der Waals surface area (Å²) < 4.78 is 57.4. The molecule has 59 heavy (non-hydrogen) atoms. The molecule has 1 atom stereocenters. The SMILES string of the molecule is CC(C)(C)C(=O)OCOC(=O)c1ccc(N2CCN(C(=O)[C@@H](Cc3cc(Cl)c(N)c(C(F)(F)F)c3)OC(=O)N3CCC(N4Cc5ccccc5NC4=O)CC3)CC2)nc1. The van der Waals surface area contributed by atoms with Gasteiger partial charge in [0.05, 0.1) is 27.3 Å². The Morgan fingerprint density at radius 3 is 2.29 bits per heavy atom. The number of ether oxygens (including phenoxy) is 3. The van der Waals surface area contributed by atoms with Gasteiger partial charge in [0.2, 0.25) is 6.79 Å². The third-order valence-corrected chi connectivity index (χ3v) is 10.7. The van der Waals surface area contributed by atoms with Gasteiger partial charge in [-0.1, -0.05) is 29.8 Å². The number of carbonyl (C=O) groups is 5. The van der Waals surface area contributed by atoms with Gasteiger partial charge in [0.25, 0.3) is 5.91 Å². The molecule has 4 heterocycles. The van der Waals surface area contributed by atoms with Gasteiger partial charge in [-0.2, -0.15) is 13.2 Å². The van der Waals surface area contributed by atoms with Crippen molar-refractivity contribution in [2.24, 2.45) is 5.41 Å². The number of carbonyl (C=O) groups excluding carboxylic acids is 5. The van der Waals surface area contributed by atoms with Crippen LogP contribution in [0.3, 0.4) is 0 Å². The Balaban J connectivity index is 1.09. The molecule has 0 saturated carbocycles. The predicted molar refractivity (Wildman–Crippen MR) is 209 cm³/mol. The smallest absolute Gasteiger partial charge is 0.418 e. The van der Waals surface area contributed by atoms with E-state index in [0.717, 1.165) is 17.3 Å². The number of halogens is 4. The summed E-state index contributed by atoms with van der Waals surface area (Å²) in [6.07, 6.45) is -5.38. The lowest BCUT2D eigenvalue weighted by molar-refractivity contribution is -0.161. The summed E-state index contributed by atoms with van der Waals surface area (Å²) in [5, 5.41) is 2.54. The first-order valence-corrected chi connectivity index (χ1v) is 19.4. The predicted octanol–water partition coefficient (Wildman–Crippen LogP) is 5.95. The van der Waals surface area contributed by atoms with E-state index in [4.69, 9.17) is 31.5 Å². The molecule has 0 bridgehead atoms. The number of fused-ring (bicyclic) bond motifs is 1. The van der Waals surface area contributed by atoms with Crippen molar-refractivity contribution >= 4 is 58.8 Å². The molecule has 6 rings (SSSR count). The average molecular weight is 844 g/mol. The van der Waals surface area contributed by atoms with E-state index in [-0.39, 0.29) is 54.4 Å². The number of esters is 2. The van der Waals surface area contributed by atoms with Crippen molar-refractivity contribution in [1.29, 1.82) is 0 Å². The molecule has 3 aliphatic rings. The number of nitrogens with zero attached hydrogens (tertiary/aromatic N) is 5. The van der Waals surface area contributed by atoms with Gasteiger partial charge in [0, 0.05) is 70.2 Å². The Bertz CT molecular complexity index is 2070. The molecule has 0 aliphatic carbocycles. The fraction of sp³-hybridized carbons (Fsp3) is 0.450. The number of hydrogen-bond donors (Lipinski definition) is 2. The molecule has 3 aliphatic heterocycles. The van der Waals surface area contributed by atoms with Crippen LogP contribution in [0.15, 0.2) is 54.7 Å². The number of nitrogens with one attached hydrogen (secondary N) is 1. The largest absolute Gasteiger partial charge is 0.436 e. The van der Waals surface area contributed by atoms with E-state index in [1.54, 1.807) is 31.7 Å². The van der Waals surface area contributed by atoms with E-state index in [0.29, 0.717) is 38.3 Å². The number of rotatable bonds is 9. The van der Waals surface area contributed by atoms with Crippen molar-refractivity contribution < 1.29 is 51.4 Å². The van der Waals surface area contributed by atoms with E-state index in [9.17, 15) is 37.1 Å². The molecular formula is C40H45ClF3N7O8. The number of alkyl halides is 3. The topological polar surface area (TPSA) is 177 Å². The Hall–Kier alpha value is -5.78. The van der Waals surface area contributed by atoms with Crippen LogP contribution < -0.4 is 16.0 Å². The first-order valence-electron chi connectivity index (χ1n) is 19.0. The molecule has 0 unspecified atom stereocenters. The molecule has 3 aromatic rings. The number of hydrogen-bond acceptors (Lipinski definition) is 11. The van der Waals surface area contributed by atoms with Crippen LogP contribution in [-0.4, -0.2) is 108 Å². The molecule has 3 N–H and O–H groups in total. The normalized spacial score (nSPS) is 16.8. The zero-order chi connectivity index (χ0) is 42.6. The number of para-hydroxylation sites is 1. The summed E-state index contributed by atoms with van der Waals surface area (Å²) in [6, 6.07) is 12.2. The molecule has 316 valence electrons. The molecule has 15 nitrogen and oxygen atoms in total. The van der Waals surface area contributed by atoms with Gasteiger partial charge < -0.3 is 44.9 Å². The number of piperazine rings is 1. The first kappa shape index (κ1) is 42.8. The zero-order valence-corrected chi connectivity index (χ0v) is 33.5. The van der Waals surface area contributed by atoms with E-state index >= 15 is 0 Å². The zero-order valence-electron chi connectivity index (χ0n) is 32.7. The summed E-state index contributed by atoms with van der Waals surface area (Å²) in [7, 11) is 0. The fourth-order valence-corrected chi connectivity index (χ4v) is 7.23. The number of piperidine rings is 1. The Kier molecular flexibility index (Phi) is 12.8. The van der Waals surface area contributed by atoms with Gasteiger partial charge in [-0.3, -0.25) is 9.59 Å². The summed E-state index contributed by atoms with van der Waals surface area (Å²) in [4.78, 5) is 75.8. The van der Waals surface area contributed by atoms with E-state index < -0.39 is 66.1 Å². The highest BCUT2D eigenvalue weighted by Crippen LogP contribution is 2.38. The number of amides is 4. The van der Waals surface area contributed by atoms with Crippen LogP contribution in [0, 0.1) is 5.41 Å². The van der Waals surface area contributed by atoms with E-state index in [1.807, 2.05) is 29.2 Å². The Labute approximate surface area is 343 Å². The average Bonchev–Trinajstić information content (AvgIpc) is 3.20. The number of urea groups is 1. The van der Waals surface area contributed by atoms with Gasteiger partial charge in [0.15, 0.2) is 6.10 Å². The third kappa shape index (κ3) is 10.3. The minimum Gasteiger partial charge on any atom is -0.436 e. The first-order chi connectivity index (χ1) is 27.9. The lowest BCUT2D eigenvalue weighted by Crippen LogP contribution is -2.54. The molecule has 0 radical (unpaired) electrons. The van der Waals surface area contributed by atoms with E-state index in [2.05, 4.69) is 10.3 Å². The van der Waals surface area contributed by atoms with E-state index in [1.165, 1.54) is 28.1 Å². The summed E-state index contributed by atoms with van der Waals surface area (Å²) in [5.41, 5.74) is 4.90. The second kappa shape index (κ2) is 17.6. The van der Waals surface area contributed by atoms with Crippen LogP contribution in [0.4, 0.5) is 40.0 Å². The molecule has 4 amide bonds. The number of nitrogen functional groups attached to an aromatic ring is 1. The Morgan fingerprint density at radius 1 is 0.949 bits per heavy atom. The lowest BCUT2D eigenvalue weighted by Gasteiger charge is -2.40. The lowest BCUT2D eigenvalue weighted by atomic mass is 9.98. The Morgan fingerprint density at radius 2 is 1.64 bits per heavy atom. The molecular weight excluding hydrogens is 799 g/mol. The second-order valence-corrected chi connectivity index (χ2v) is 15.9. The summed E-state index contributed by atoms with van der Waals surface area (Å²) in [6.45, 7) is 6.19. The second-order valence-electron chi connectivity index (χ2n) is 15.5. The maximum Gasteiger partial charge on any atom is 0.418 e. The molecule has 2 saturated heterocycles. The van der Waals surface area contributed by atoms with Crippen LogP contribution in [-0.2, 0) is 42.9 Å². The highest BCUT2D eigenvalue weighted by atomic mass is 35.5. The van der Waals surface area contributed by atoms with Crippen LogP contribution in [0.5, 0.6) is 0 Å². The maximum atomic E-state index is 14.1. The highest BCUT2D eigenvalue weighted by molar-refractivity contribution is 6.33. The number of aromatic nitrogens is 1. The number of pyridine rings is 1. The van der Waals surface area contributed by atoms with Crippen LogP contribution in [0.1, 0.15) is 60.7 Å². The van der Waals surface area contributed by atoms with Crippen LogP contribution in [0.2, 0.25) is 5.02 Å². The molecule has 2 aromatic carbocycles. The highest BCUT2D eigenvalue weighted by Gasteiger charge is 2.38. The number of likely N-dealkylation sites (tertiary alicyclic amines) is 1. The quantitative estimate of drug-likeness (QED) is 0.148. The van der Waals surface area contributed by atoms with Crippen molar-refractivity contribution in [3.05, 3.63) is 82.0 Å². The van der Waals surface area contributed by atoms with Crippen molar-refractivity contribution in [2.45, 2.75) is 64.9 Å². The number of benzene rings is 2. The maximum absolute atomic E-state index is 14.1. The third-order valence-electron chi connectivity index (χ3n) is 10.3. The number of nitrogens with two attached hydrogens (primary N) is 1. The molecule has 1 aromatic heterocycles.